The van der Waals surface area contributed by atoms with Gasteiger partial charge in [-0.05, 0) is 6.07 Å². The quantitative estimate of drug-likeness (QED) is 0.627. The number of carbonyl (C=O) groups is 1. The standard InChI is InChI=1S/C8H6F2N2O4/c9-8(10)5-1-4(2-7(13)14)11-3-6(5)12(15)16/h1,3,8H,2H2,(H,13,14). The highest BCUT2D eigenvalue weighted by atomic mass is 19.3. The highest BCUT2D eigenvalue weighted by Crippen LogP contribution is 2.28. The Morgan fingerprint density at radius 3 is 2.69 bits per heavy atom. The Hall–Kier alpha value is -2.12. The summed E-state index contributed by atoms with van der Waals surface area (Å²) in [4.78, 5) is 23.1. The molecule has 1 aromatic heterocycles. The van der Waals surface area contributed by atoms with Crippen molar-refractivity contribution in [3.8, 4) is 0 Å². The van der Waals surface area contributed by atoms with Gasteiger partial charge in [-0.15, -0.1) is 0 Å². The number of alkyl halides is 2. The van der Waals surface area contributed by atoms with Gasteiger partial charge in [0, 0.05) is 0 Å². The van der Waals surface area contributed by atoms with Gasteiger partial charge < -0.3 is 5.11 Å². The van der Waals surface area contributed by atoms with Crippen molar-refractivity contribution < 1.29 is 23.6 Å². The number of hydrogen-bond donors (Lipinski definition) is 1. The summed E-state index contributed by atoms with van der Waals surface area (Å²) < 4.78 is 24.9. The van der Waals surface area contributed by atoms with E-state index >= 15 is 0 Å². The first kappa shape index (κ1) is 12.0. The maximum atomic E-state index is 12.4. The van der Waals surface area contributed by atoms with E-state index in [4.69, 9.17) is 5.11 Å². The lowest BCUT2D eigenvalue weighted by Gasteiger charge is -2.03. The molecule has 6 nitrogen and oxygen atoms in total. The predicted octanol–water partition coefficient (Wildman–Crippen LogP) is 1.55. The Morgan fingerprint density at radius 2 is 2.25 bits per heavy atom. The molecule has 0 unspecified atom stereocenters. The number of nitro groups is 1. The summed E-state index contributed by atoms with van der Waals surface area (Å²) in [6.45, 7) is 0. The molecule has 0 amide bonds. The highest BCUT2D eigenvalue weighted by Gasteiger charge is 2.23. The predicted molar refractivity (Wildman–Crippen MR) is 47.2 cm³/mol. The molecule has 0 radical (unpaired) electrons. The van der Waals surface area contributed by atoms with Crippen LogP contribution in [0.15, 0.2) is 12.3 Å². The first-order chi connectivity index (χ1) is 7.41. The van der Waals surface area contributed by atoms with Crippen LogP contribution in [0.25, 0.3) is 0 Å². The first-order valence-corrected chi connectivity index (χ1v) is 4.05. The van der Waals surface area contributed by atoms with Gasteiger partial charge in [0.2, 0.25) is 0 Å². The monoisotopic (exact) mass is 232 g/mol. The van der Waals surface area contributed by atoms with Crippen LogP contribution < -0.4 is 0 Å². The number of halogens is 2. The Balaban J connectivity index is 3.17. The second-order valence-corrected chi connectivity index (χ2v) is 2.86. The fraction of sp³-hybridized carbons (Fsp3) is 0.250. The van der Waals surface area contributed by atoms with Gasteiger partial charge in [-0.1, -0.05) is 0 Å². The zero-order valence-electron chi connectivity index (χ0n) is 7.76. The van der Waals surface area contributed by atoms with Crippen molar-refractivity contribution in [2.75, 3.05) is 0 Å². The summed E-state index contributed by atoms with van der Waals surface area (Å²) >= 11 is 0. The number of pyridine rings is 1. The third-order valence-electron chi connectivity index (χ3n) is 1.73. The van der Waals surface area contributed by atoms with Gasteiger partial charge >= 0.3 is 5.97 Å². The zero-order valence-corrected chi connectivity index (χ0v) is 7.76. The van der Waals surface area contributed by atoms with E-state index in [1.165, 1.54) is 0 Å². The molecule has 0 aliphatic rings. The van der Waals surface area contributed by atoms with Crippen molar-refractivity contribution in [1.29, 1.82) is 0 Å². The molecule has 0 saturated heterocycles. The number of carboxylic acid groups (broad SMARTS) is 1. The fourth-order valence-electron chi connectivity index (χ4n) is 1.09. The molecule has 1 rings (SSSR count). The molecule has 0 aromatic carbocycles. The van der Waals surface area contributed by atoms with E-state index in [9.17, 15) is 23.7 Å². The third-order valence-corrected chi connectivity index (χ3v) is 1.73. The van der Waals surface area contributed by atoms with E-state index in [0.29, 0.717) is 6.20 Å². The number of carboxylic acids is 1. The van der Waals surface area contributed by atoms with Crippen LogP contribution in [0.3, 0.4) is 0 Å². The number of rotatable bonds is 4. The Labute approximate surface area is 87.7 Å². The number of aromatic nitrogens is 1. The summed E-state index contributed by atoms with van der Waals surface area (Å²) in [5.41, 5.74) is -1.78. The topological polar surface area (TPSA) is 93.3 Å². The smallest absolute Gasteiger partial charge is 0.309 e. The molecule has 1 N–H and O–H groups in total. The minimum atomic E-state index is -3.05. The second-order valence-electron chi connectivity index (χ2n) is 2.86. The van der Waals surface area contributed by atoms with Gasteiger partial charge in [0.25, 0.3) is 12.1 Å². The van der Waals surface area contributed by atoms with Crippen LogP contribution in [0, 0.1) is 10.1 Å². The van der Waals surface area contributed by atoms with Crippen molar-refractivity contribution in [1.82, 2.24) is 4.98 Å². The van der Waals surface area contributed by atoms with E-state index in [1.807, 2.05) is 0 Å². The highest BCUT2D eigenvalue weighted by molar-refractivity contribution is 5.69. The zero-order chi connectivity index (χ0) is 12.3. The molecular weight excluding hydrogens is 226 g/mol. The Morgan fingerprint density at radius 1 is 1.62 bits per heavy atom. The fourth-order valence-corrected chi connectivity index (χ4v) is 1.09. The Bertz CT molecular complexity index is 436. The van der Waals surface area contributed by atoms with E-state index in [-0.39, 0.29) is 5.69 Å². The lowest BCUT2D eigenvalue weighted by molar-refractivity contribution is -0.386. The maximum Gasteiger partial charge on any atom is 0.309 e. The second kappa shape index (κ2) is 4.60. The van der Waals surface area contributed by atoms with E-state index in [1.54, 1.807) is 0 Å². The summed E-state index contributed by atoms with van der Waals surface area (Å²) in [5.74, 6) is -1.25. The number of nitrogens with zero attached hydrogens (tertiary/aromatic N) is 2. The molecule has 0 spiro atoms. The molecule has 0 bridgehead atoms. The lowest BCUT2D eigenvalue weighted by atomic mass is 10.1. The number of hydrogen-bond acceptors (Lipinski definition) is 4. The summed E-state index contributed by atoms with van der Waals surface area (Å²) in [6.07, 6.45) is -2.96. The van der Waals surface area contributed by atoms with Crippen LogP contribution in [-0.2, 0) is 11.2 Å². The minimum absolute atomic E-state index is 0.145. The average molecular weight is 232 g/mol. The van der Waals surface area contributed by atoms with Crippen LogP contribution in [-0.4, -0.2) is 21.0 Å². The molecule has 8 heteroatoms. The average Bonchev–Trinajstić information content (AvgIpc) is 2.16. The molecule has 1 heterocycles. The molecule has 0 fully saturated rings. The van der Waals surface area contributed by atoms with E-state index in [2.05, 4.69) is 4.98 Å². The molecular formula is C8H6F2N2O4. The summed E-state index contributed by atoms with van der Waals surface area (Å²) in [5, 5.41) is 18.8. The summed E-state index contributed by atoms with van der Waals surface area (Å²) in [7, 11) is 0. The van der Waals surface area contributed by atoms with Gasteiger partial charge in [0.15, 0.2) is 0 Å². The van der Waals surface area contributed by atoms with Crippen molar-refractivity contribution in [3.05, 3.63) is 33.6 Å². The number of aliphatic carboxylic acids is 1. The molecule has 0 aliphatic heterocycles. The molecule has 0 atom stereocenters. The van der Waals surface area contributed by atoms with Crippen molar-refractivity contribution in [2.24, 2.45) is 0 Å². The normalized spacial score (nSPS) is 10.4. The molecule has 0 aliphatic carbocycles. The Kier molecular flexibility index (Phi) is 3.44. The largest absolute Gasteiger partial charge is 0.481 e. The first-order valence-electron chi connectivity index (χ1n) is 4.05. The van der Waals surface area contributed by atoms with Crippen LogP contribution in [0.4, 0.5) is 14.5 Å². The van der Waals surface area contributed by atoms with Gasteiger partial charge in [0.1, 0.15) is 6.20 Å². The molecule has 86 valence electrons. The van der Waals surface area contributed by atoms with Crippen LogP contribution in [0.1, 0.15) is 17.7 Å². The lowest BCUT2D eigenvalue weighted by Crippen LogP contribution is -2.05. The van der Waals surface area contributed by atoms with Crippen LogP contribution in [0.5, 0.6) is 0 Å². The van der Waals surface area contributed by atoms with Crippen molar-refractivity contribution in [3.63, 3.8) is 0 Å². The maximum absolute atomic E-state index is 12.4. The third kappa shape index (κ3) is 2.69. The van der Waals surface area contributed by atoms with Gasteiger partial charge in [-0.2, -0.15) is 0 Å². The summed E-state index contributed by atoms with van der Waals surface area (Å²) in [6, 6.07) is 0.733. The van der Waals surface area contributed by atoms with Crippen molar-refractivity contribution in [2.45, 2.75) is 12.8 Å². The van der Waals surface area contributed by atoms with Crippen LogP contribution in [0.2, 0.25) is 0 Å². The molecule has 0 saturated carbocycles. The van der Waals surface area contributed by atoms with E-state index in [0.717, 1.165) is 6.07 Å². The van der Waals surface area contributed by atoms with E-state index < -0.39 is 35.0 Å². The van der Waals surface area contributed by atoms with Crippen molar-refractivity contribution >= 4 is 11.7 Å². The van der Waals surface area contributed by atoms with Crippen LogP contribution >= 0.6 is 0 Å². The SMILES string of the molecule is O=C(O)Cc1cc(C(F)F)c([N+](=O)[O-])cn1. The van der Waals surface area contributed by atoms with Gasteiger partial charge in [0.05, 0.1) is 22.6 Å². The van der Waals surface area contributed by atoms with Gasteiger partial charge in [-0.25, -0.2) is 8.78 Å². The molecule has 16 heavy (non-hydrogen) atoms. The minimum Gasteiger partial charge on any atom is -0.481 e. The van der Waals surface area contributed by atoms with Gasteiger partial charge in [-0.3, -0.25) is 19.9 Å². The molecule has 1 aromatic rings.